The molecular formula is C20H19N3O3. The number of hydrogen-bond acceptors (Lipinski definition) is 4. The van der Waals surface area contributed by atoms with Gasteiger partial charge >= 0.3 is 0 Å². The van der Waals surface area contributed by atoms with Gasteiger partial charge in [-0.1, -0.05) is 29.8 Å². The molecule has 0 saturated heterocycles. The molecule has 1 aliphatic heterocycles. The van der Waals surface area contributed by atoms with Crippen molar-refractivity contribution in [1.82, 2.24) is 15.5 Å². The molecule has 0 unspecified atom stereocenters. The Bertz CT molecular complexity index is 932. The summed E-state index contributed by atoms with van der Waals surface area (Å²) in [6.45, 7) is 3.56. The highest BCUT2D eigenvalue weighted by Gasteiger charge is 2.18. The van der Waals surface area contributed by atoms with Crippen molar-refractivity contribution >= 4 is 5.91 Å². The number of aromatic amines is 1. The summed E-state index contributed by atoms with van der Waals surface area (Å²) in [7, 11) is 0. The monoisotopic (exact) mass is 349 g/mol. The molecule has 0 bridgehead atoms. The third-order valence-corrected chi connectivity index (χ3v) is 4.29. The minimum absolute atomic E-state index is 0.177. The molecule has 0 spiro atoms. The van der Waals surface area contributed by atoms with Crippen LogP contribution in [0.4, 0.5) is 0 Å². The molecule has 0 atom stereocenters. The zero-order valence-corrected chi connectivity index (χ0v) is 14.4. The Hall–Kier alpha value is -3.28. The quantitative estimate of drug-likeness (QED) is 0.759. The second kappa shape index (κ2) is 6.92. The van der Waals surface area contributed by atoms with Gasteiger partial charge in [0, 0.05) is 12.1 Å². The highest BCUT2D eigenvalue weighted by molar-refractivity contribution is 5.99. The van der Waals surface area contributed by atoms with Crippen molar-refractivity contribution in [3.8, 4) is 22.8 Å². The Morgan fingerprint density at radius 3 is 2.69 bits per heavy atom. The van der Waals surface area contributed by atoms with Crippen molar-refractivity contribution in [1.29, 1.82) is 0 Å². The van der Waals surface area contributed by atoms with E-state index in [0.717, 1.165) is 11.1 Å². The maximum Gasteiger partial charge on any atom is 0.255 e. The Balaban J connectivity index is 1.52. The summed E-state index contributed by atoms with van der Waals surface area (Å²) in [6, 6.07) is 13.7. The maximum atomic E-state index is 12.6. The normalized spacial score (nSPS) is 12.7. The molecule has 0 saturated carbocycles. The van der Waals surface area contributed by atoms with E-state index in [2.05, 4.69) is 15.5 Å². The van der Waals surface area contributed by atoms with Crippen LogP contribution in [0.15, 0.2) is 48.7 Å². The minimum Gasteiger partial charge on any atom is -0.486 e. The van der Waals surface area contributed by atoms with Crippen LogP contribution < -0.4 is 14.8 Å². The molecule has 1 aromatic heterocycles. The van der Waals surface area contributed by atoms with Gasteiger partial charge in [0.05, 0.1) is 17.5 Å². The number of benzene rings is 2. The van der Waals surface area contributed by atoms with Crippen LogP contribution in [-0.2, 0) is 6.54 Å². The third kappa shape index (κ3) is 3.26. The summed E-state index contributed by atoms with van der Waals surface area (Å²) >= 11 is 0. The highest BCUT2D eigenvalue weighted by atomic mass is 16.6. The first-order valence-electron chi connectivity index (χ1n) is 8.48. The first-order valence-corrected chi connectivity index (χ1v) is 8.48. The van der Waals surface area contributed by atoms with Gasteiger partial charge in [0.2, 0.25) is 0 Å². The molecule has 1 amide bonds. The molecule has 6 nitrogen and oxygen atoms in total. The number of carbonyl (C=O) groups excluding carboxylic acids is 1. The maximum absolute atomic E-state index is 12.6. The van der Waals surface area contributed by atoms with Crippen LogP contribution >= 0.6 is 0 Å². The van der Waals surface area contributed by atoms with Crippen LogP contribution in [0.25, 0.3) is 11.3 Å². The standard InChI is InChI=1S/C20H19N3O3/c1-13-2-4-14(5-3-13)11-21-20(24)16-12-22-23-19(16)15-6-7-17-18(10-15)26-9-8-25-17/h2-7,10,12H,8-9,11H2,1H3,(H,21,24)(H,22,23). The van der Waals surface area contributed by atoms with E-state index < -0.39 is 0 Å². The van der Waals surface area contributed by atoms with Crippen molar-refractivity contribution < 1.29 is 14.3 Å². The number of nitrogens with one attached hydrogen (secondary N) is 2. The fourth-order valence-electron chi connectivity index (χ4n) is 2.86. The molecule has 2 aromatic carbocycles. The fourth-order valence-corrected chi connectivity index (χ4v) is 2.86. The lowest BCUT2D eigenvalue weighted by Crippen LogP contribution is -2.23. The molecule has 4 rings (SSSR count). The molecule has 0 fully saturated rings. The van der Waals surface area contributed by atoms with E-state index in [-0.39, 0.29) is 5.91 Å². The van der Waals surface area contributed by atoms with Crippen LogP contribution in [0, 0.1) is 6.92 Å². The SMILES string of the molecule is Cc1ccc(CNC(=O)c2cn[nH]c2-c2ccc3c(c2)OCCO3)cc1. The number of hydrogen-bond donors (Lipinski definition) is 2. The second-order valence-electron chi connectivity index (χ2n) is 6.19. The van der Waals surface area contributed by atoms with Gasteiger partial charge < -0.3 is 14.8 Å². The number of fused-ring (bicyclic) bond motifs is 1. The topological polar surface area (TPSA) is 76.2 Å². The van der Waals surface area contributed by atoms with E-state index in [4.69, 9.17) is 9.47 Å². The first-order chi connectivity index (χ1) is 12.7. The number of rotatable bonds is 4. The molecule has 0 aliphatic carbocycles. The van der Waals surface area contributed by atoms with Crippen LogP contribution in [0.2, 0.25) is 0 Å². The van der Waals surface area contributed by atoms with Gasteiger partial charge in [-0.15, -0.1) is 0 Å². The van der Waals surface area contributed by atoms with E-state index in [0.29, 0.717) is 42.5 Å². The number of amides is 1. The van der Waals surface area contributed by atoms with E-state index in [9.17, 15) is 4.79 Å². The van der Waals surface area contributed by atoms with E-state index in [1.165, 1.54) is 11.8 Å². The molecular weight excluding hydrogens is 330 g/mol. The van der Waals surface area contributed by atoms with Crippen molar-refractivity contribution in [3.63, 3.8) is 0 Å². The molecule has 3 aromatic rings. The number of H-pyrrole nitrogens is 1. The van der Waals surface area contributed by atoms with Gasteiger partial charge in [0.25, 0.3) is 5.91 Å². The van der Waals surface area contributed by atoms with Gasteiger partial charge in [-0.05, 0) is 30.7 Å². The van der Waals surface area contributed by atoms with Crippen LogP contribution in [0.1, 0.15) is 21.5 Å². The molecule has 6 heteroatoms. The summed E-state index contributed by atoms with van der Waals surface area (Å²) in [4.78, 5) is 12.6. The average Bonchev–Trinajstić information content (AvgIpc) is 3.17. The molecule has 26 heavy (non-hydrogen) atoms. The van der Waals surface area contributed by atoms with Crippen molar-refractivity contribution in [2.24, 2.45) is 0 Å². The van der Waals surface area contributed by atoms with Gasteiger partial charge in [-0.2, -0.15) is 5.10 Å². The fraction of sp³-hybridized carbons (Fsp3) is 0.200. The summed E-state index contributed by atoms with van der Waals surface area (Å²) in [5.74, 6) is 1.21. The lowest BCUT2D eigenvalue weighted by Gasteiger charge is -2.18. The van der Waals surface area contributed by atoms with Crippen molar-refractivity contribution in [3.05, 3.63) is 65.4 Å². The zero-order valence-electron chi connectivity index (χ0n) is 14.4. The van der Waals surface area contributed by atoms with E-state index in [1.54, 1.807) is 0 Å². The molecule has 1 aliphatic rings. The Labute approximate surface area is 151 Å². The van der Waals surface area contributed by atoms with Crippen molar-refractivity contribution in [2.75, 3.05) is 13.2 Å². The summed E-state index contributed by atoms with van der Waals surface area (Å²) in [5, 5.41) is 9.89. The molecule has 2 N–H and O–H groups in total. The summed E-state index contributed by atoms with van der Waals surface area (Å²) in [5.41, 5.74) is 4.22. The lowest BCUT2D eigenvalue weighted by atomic mass is 10.1. The molecule has 132 valence electrons. The number of aryl methyl sites for hydroxylation is 1. The van der Waals surface area contributed by atoms with Crippen LogP contribution in [0.3, 0.4) is 0 Å². The summed E-state index contributed by atoms with van der Waals surface area (Å²) < 4.78 is 11.2. The smallest absolute Gasteiger partial charge is 0.255 e. The summed E-state index contributed by atoms with van der Waals surface area (Å²) in [6.07, 6.45) is 1.54. The number of aromatic nitrogens is 2. The van der Waals surface area contributed by atoms with Gasteiger partial charge in [-0.25, -0.2) is 0 Å². The number of carbonyl (C=O) groups is 1. The first kappa shape index (κ1) is 16.2. The molecule has 0 radical (unpaired) electrons. The Morgan fingerprint density at radius 2 is 1.88 bits per heavy atom. The zero-order chi connectivity index (χ0) is 17.9. The van der Waals surface area contributed by atoms with Gasteiger partial charge in [0.15, 0.2) is 11.5 Å². The predicted molar refractivity (Wildman–Crippen MR) is 97.4 cm³/mol. The van der Waals surface area contributed by atoms with E-state index >= 15 is 0 Å². The van der Waals surface area contributed by atoms with Gasteiger partial charge in [-0.3, -0.25) is 9.89 Å². The van der Waals surface area contributed by atoms with Gasteiger partial charge in [0.1, 0.15) is 13.2 Å². The van der Waals surface area contributed by atoms with Crippen LogP contribution in [0.5, 0.6) is 11.5 Å². The highest BCUT2D eigenvalue weighted by Crippen LogP contribution is 2.34. The van der Waals surface area contributed by atoms with E-state index in [1.807, 2.05) is 49.4 Å². The average molecular weight is 349 g/mol. The minimum atomic E-state index is -0.177. The molecule has 2 heterocycles. The third-order valence-electron chi connectivity index (χ3n) is 4.29. The van der Waals surface area contributed by atoms with Crippen LogP contribution in [-0.4, -0.2) is 29.3 Å². The second-order valence-corrected chi connectivity index (χ2v) is 6.19. The Kier molecular flexibility index (Phi) is 4.31. The van der Waals surface area contributed by atoms with Crippen molar-refractivity contribution in [2.45, 2.75) is 13.5 Å². The Morgan fingerprint density at radius 1 is 1.12 bits per heavy atom. The lowest BCUT2D eigenvalue weighted by molar-refractivity contribution is 0.0951. The number of ether oxygens (including phenoxy) is 2. The predicted octanol–water partition coefficient (Wildman–Crippen LogP) is 3.09. The largest absolute Gasteiger partial charge is 0.486 e. The number of nitrogens with zero attached hydrogens (tertiary/aromatic N) is 1.